The number of rotatable bonds is 1. The van der Waals surface area contributed by atoms with Gasteiger partial charge in [0, 0.05) is 31.7 Å². The van der Waals surface area contributed by atoms with Crippen molar-refractivity contribution in [1.29, 1.82) is 0 Å². The maximum atomic E-state index is 12.3. The Hall–Kier alpha value is -1.62. The summed E-state index contributed by atoms with van der Waals surface area (Å²) in [5.74, 6) is 0.361. The van der Waals surface area contributed by atoms with Gasteiger partial charge in [0.2, 0.25) is 0 Å². The summed E-state index contributed by atoms with van der Waals surface area (Å²) in [6.07, 6.45) is 0. The van der Waals surface area contributed by atoms with Crippen LogP contribution < -0.4 is 5.73 Å². The van der Waals surface area contributed by atoms with E-state index >= 15 is 0 Å². The first-order valence-corrected chi connectivity index (χ1v) is 6.65. The molecular weight excluding hydrogens is 240 g/mol. The summed E-state index contributed by atoms with van der Waals surface area (Å²) in [6.45, 7) is 9.88. The molecule has 0 aliphatic carbocycles. The lowest BCUT2D eigenvalue weighted by Crippen LogP contribution is -2.54. The second kappa shape index (κ2) is 5.17. The number of anilines is 1. The zero-order chi connectivity index (χ0) is 14.0. The predicted molar refractivity (Wildman–Crippen MR) is 75.9 cm³/mol. The van der Waals surface area contributed by atoms with E-state index in [-0.39, 0.29) is 11.4 Å². The van der Waals surface area contributed by atoms with Crippen LogP contribution in [0.3, 0.4) is 0 Å². The van der Waals surface area contributed by atoms with Gasteiger partial charge in [-0.2, -0.15) is 0 Å². The number of carbonyl (C=O) groups excluding carboxylic acids is 1. The summed E-state index contributed by atoms with van der Waals surface area (Å²) in [4.78, 5) is 20.6. The number of nitrogens with zero attached hydrogens (tertiary/aromatic N) is 3. The largest absolute Gasteiger partial charge is 0.384 e. The summed E-state index contributed by atoms with van der Waals surface area (Å²) >= 11 is 0. The smallest absolute Gasteiger partial charge is 0.272 e. The number of hydrogen-bond acceptors (Lipinski definition) is 4. The first-order chi connectivity index (χ1) is 8.88. The maximum Gasteiger partial charge on any atom is 0.272 e. The van der Waals surface area contributed by atoms with E-state index in [2.05, 4.69) is 30.7 Å². The normalized spacial score (nSPS) is 17.5. The van der Waals surface area contributed by atoms with Crippen LogP contribution in [0.5, 0.6) is 0 Å². The molecule has 1 aromatic heterocycles. The molecule has 0 saturated carbocycles. The minimum absolute atomic E-state index is 0.0270. The molecule has 1 aliphatic rings. The highest BCUT2D eigenvalue weighted by Crippen LogP contribution is 2.16. The van der Waals surface area contributed by atoms with Crippen LogP contribution in [-0.2, 0) is 0 Å². The number of aromatic nitrogens is 1. The Kier molecular flexibility index (Phi) is 3.75. The Labute approximate surface area is 114 Å². The van der Waals surface area contributed by atoms with Crippen molar-refractivity contribution in [3.05, 3.63) is 23.9 Å². The molecule has 5 nitrogen and oxygen atoms in total. The molecule has 5 heteroatoms. The van der Waals surface area contributed by atoms with Gasteiger partial charge in [-0.1, -0.05) is 6.07 Å². The summed E-state index contributed by atoms with van der Waals surface area (Å²) in [6, 6.07) is 5.17. The van der Waals surface area contributed by atoms with Gasteiger partial charge in [-0.25, -0.2) is 4.98 Å². The van der Waals surface area contributed by atoms with Crippen LogP contribution >= 0.6 is 0 Å². The highest BCUT2D eigenvalue weighted by molar-refractivity contribution is 5.92. The SMILES string of the molecule is CC(C)(C)N1CCN(C(=O)c2cccc(N)n2)CC1. The third-order valence-corrected chi connectivity index (χ3v) is 3.51. The molecule has 2 heterocycles. The summed E-state index contributed by atoms with van der Waals surface area (Å²) < 4.78 is 0. The van der Waals surface area contributed by atoms with Gasteiger partial charge in [0.05, 0.1) is 0 Å². The fourth-order valence-corrected chi connectivity index (χ4v) is 2.31. The van der Waals surface area contributed by atoms with E-state index in [9.17, 15) is 4.79 Å². The molecule has 0 radical (unpaired) electrons. The van der Waals surface area contributed by atoms with Crippen molar-refractivity contribution in [2.75, 3.05) is 31.9 Å². The van der Waals surface area contributed by atoms with Crippen molar-refractivity contribution in [2.24, 2.45) is 0 Å². The topological polar surface area (TPSA) is 62.5 Å². The van der Waals surface area contributed by atoms with Crippen LogP contribution in [-0.4, -0.2) is 52.4 Å². The van der Waals surface area contributed by atoms with E-state index in [4.69, 9.17) is 5.73 Å². The lowest BCUT2D eigenvalue weighted by Gasteiger charge is -2.42. The zero-order valence-electron chi connectivity index (χ0n) is 11.9. The van der Waals surface area contributed by atoms with Gasteiger partial charge in [-0.05, 0) is 32.9 Å². The number of hydrogen-bond donors (Lipinski definition) is 1. The number of amides is 1. The van der Waals surface area contributed by atoms with Gasteiger partial charge in [-0.3, -0.25) is 9.69 Å². The van der Waals surface area contributed by atoms with Crippen molar-refractivity contribution < 1.29 is 4.79 Å². The second-order valence-corrected chi connectivity index (χ2v) is 5.90. The Morgan fingerprint density at radius 3 is 2.37 bits per heavy atom. The molecule has 2 N–H and O–H groups in total. The van der Waals surface area contributed by atoms with Gasteiger partial charge in [0.25, 0.3) is 5.91 Å². The Morgan fingerprint density at radius 1 is 1.21 bits per heavy atom. The number of pyridine rings is 1. The second-order valence-electron chi connectivity index (χ2n) is 5.90. The quantitative estimate of drug-likeness (QED) is 0.826. The molecule has 1 amide bonds. The molecule has 0 aromatic carbocycles. The fraction of sp³-hybridized carbons (Fsp3) is 0.571. The fourth-order valence-electron chi connectivity index (χ4n) is 2.31. The molecule has 1 fully saturated rings. The molecule has 1 aliphatic heterocycles. The van der Waals surface area contributed by atoms with Crippen molar-refractivity contribution in [2.45, 2.75) is 26.3 Å². The van der Waals surface area contributed by atoms with Crippen LogP contribution in [0.2, 0.25) is 0 Å². The first kappa shape index (κ1) is 13.8. The van der Waals surface area contributed by atoms with E-state index in [1.807, 2.05) is 4.90 Å². The van der Waals surface area contributed by atoms with Crippen LogP contribution in [0.4, 0.5) is 5.82 Å². The van der Waals surface area contributed by atoms with Crippen LogP contribution in [0.25, 0.3) is 0 Å². The van der Waals surface area contributed by atoms with Crippen LogP contribution in [0.1, 0.15) is 31.3 Å². The van der Waals surface area contributed by atoms with E-state index in [1.165, 1.54) is 0 Å². The minimum atomic E-state index is -0.0270. The Bertz CT molecular complexity index is 459. The average molecular weight is 262 g/mol. The van der Waals surface area contributed by atoms with Gasteiger partial charge < -0.3 is 10.6 Å². The van der Waals surface area contributed by atoms with Gasteiger partial charge >= 0.3 is 0 Å². The minimum Gasteiger partial charge on any atom is -0.384 e. The maximum absolute atomic E-state index is 12.3. The lowest BCUT2D eigenvalue weighted by atomic mass is 10.0. The number of nitrogens with two attached hydrogens (primary N) is 1. The van der Waals surface area contributed by atoms with Crippen molar-refractivity contribution >= 4 is 11.7 Å². The third kappa shape index (κ3) is 3.23. The van der Waals surface area contributed by atoms with E-state index in [0.29, 0.717) is 11.5 Å². The number of piperazine rings is 1. The van der Waals surface area contributed by atoms with E-state index in [0.717, 1.165) is 26.2 Å². The van der Waals surface area contributed by atoms with Crippen molar-refractivity contribution in [1.82, 2.24) is 14.8 Å². The van der Waals surface area contributed by atoms with Crippen molar-refractivity contribution in [3.8, 4) is 0 Å². The van der Waals surface area contributed by atoms with Gasteiger partial charge in [0.1, 0.15) is 11.5 Å². The standard InChI is InChI=1S/C14H22N4O/c1-14(2,3)18-9-7-17(8-10-18)13(19)11-5-4-6-12(15)16-11/h4-6H,7-10H2,1-3H3,(H2,15,16). The van der Waals surface area contributed by atoms with Crippen molar-refractivity contribution in [3.63, 3.8) is 0 Å². The number of carbonyl (C=O) groups is 1. The molecule has 19 heavy (non-hydrogen) atoms. The van der Waals surface area contributed by atoms with Gasteiger partial charge in [-0.15, -0.1) is 0 Å². The molecule has 0 atom stereocenters. The molecule has 104 valence electrons. The highest BCUT2D eigenvalue weighted by atomic mass is 16.2. The zero-order valence-corrected chi connectivity index (χ0v) is 11.9. The summed E-state index contributed by atoms with van der Waals surface area (Å²) in [5.41, 5.74) is 6.21. The molecule has 0 spiro atoms. The number of nitrogen functional groups attached to an aromatic ring is 1. The molecule has 1 saturated heterocycles. The molecular formula is C14H22N4O. The monoisotopic (exact) mass is 262 g/mol. The summed E-state index contributed by atoms with van der Waals surface area (Å²) in [5, 5.41) is 0. The average Bonchev–Trinajstić information content (AvgIpc) is 2.37. The molecule has 0 unspecified atom stereocenters. The Balaban J connectivity index is 2.00. The summed E-state index contributed by atoms with van der Waals surface area (Å²) in [7, 11) is 0. The molecule has 1 aromatic rings. The molecule has 2 rings (SSSR count). The van der Waals surface area contributed by atoms with Gasteiger partial charge in [0.15, 0.2) is 0 Å². The predicted octanol–water partition coefficient (Wildman–Crippen LogP) is 1.22. The molecule has 0 bridgehead atoms. The van der Waals surface area contributed by atoms with E-state index < -0.39 is 0 Å². The van der Waals surface area contributed by atoms with Crippen LogP contribution in [0, 0.1) is 0 Å². The van der Waals surface area contributed by atoms with Crippen LogP contribution in [0.15, 0.2) is 18.2 Å². The first-order valence-electron chi connectivity index (χ1n) is 6.65. The third-order valence-electron chi connectivity index (χ3n) is 3.51. The van der Waals surface area contributed by atoms with E-state index in [1.54, 1.807) is 18.2 Å². The Morgan fingerprint density at radius 2 is 1.84 bits per heavy atom. The lowest BCUT2D eigenvalue weighted by molar-refractivity contribution is 0.0447. The highest BCUT2D eigenvalue weighted by Gasteiger charge is 2.28.